The van der Waals surface area contributed by atoms with Crippen LogP contribution in [-0.4, -0.2) is 32.4 Å². The van der Waals surface area contributed by atoms with Gasteiger partial charge in [0.05, 0.1) is 23.4 Å². The van der Waals surface area contributed by atoms with E-state index in [1.807, 2.05) is 24.7 Å². The lowest BCUT2D eigenvalue weighted by molar-refractivity contribution is 0.631. The van der Waals surface area contributed by atoms with E-state index in [0.29, 0.717) is 0 Å². The Morgan fingerprint density at radius 2 is 2.16 bits per heavy atom. The Balaban J connectivity index is 1.81. The highest BCUT2D eigenvalue weighted by atomic mass is 15.1. The molecular formula is C14H19N5. The molecule has 3 aromatic heterocycles. The van der Waals surface area contributed by atoms with E-state index in [2.05, 4.69) is 31.6 Å². The largest absolute Gasteiger partial charge is 0.345 e. The van der Waals surface area contributed by atoms with Crippen LogP contribution in [0.4, 0.5) is 0 Å². The number of nitrogens with zero attached hydrogens (tertiary/aromatic N) is 3. The molecule has 0 amide bonds. The fourth-order valence-electron chi connectivity index (χ4n) is 2.34. The van der Waals surface area contributed by atoms with Crippen LogP contribution in [0.3, 0.4) is 0 Å². The van der Waals surface area contributed by atoms with Gasteiger partial charge in [0.25, 0.3) is 0 Å². The number of imidazole rings is 1. The van der Waals surface area contributed by atoms with Gasteiger partial charge in [-0.05, 0) is 19.0 Å². The first-order valence-electron chi connectivity index (χ1n) is 6.89. The Bertz CT molecular complexity index is 667. The SMILES string of the molecule is CCCCNCCc1ncc2cnc3[nH]ccc3n12. The standard InChI is InChI=1S/C14H19N5/c1-2-3-6-15-7-5-13-17-9-11-10-18-14-12(19(11)13)4-8-16-14/h4,8-10,15-16H,2-3,5-7H2,1H3. The van der Waals surface area contributed by atoms with E-state index in [4.69, 9.17) is 0 Å². The van der Waals surface area contributed by atoms with Crippen LogP contribution >= 0.6 is 0 Å². The second-order valence-electron chi connectivity index (χ2n) is 4.76. The quantitative estimate of drug-likeness (QED) is 0.665. The minimum atomic E-state index is 0.908. The van der Waals surface area contributed by atoms with Crippen molar-refractivity contribution in [2.75, 3.05) is 13.1 Å². The Morgan fingerprint density at radius 3 is 3.05 bits per heavy atom. The van der Waals surface area contributed by atoms with Crippen LogP contribution in [0.2, 0.25) is 0 Å². The molecule has 19 heavy (non-hydrogen) atoms. The molecule has 3 heterocycles. The van der Waals surface area contributed by atoms with Gasteiger partial charge in [-0.15, -0.1) is 0 Å². The number of unbranched alkanes of at least 4 members (excludes halogenated alkanes) is 1. The monoisotopic (exact) mass is 257 g/mol. The number of rotatable bonds is 6. The van der Waals surface area contributed by atoms with Crippen molar-refractivity contribution in [2.45, 2.75) is 26.2 Å². The van der Waals surface area contributed by atoms with Gasteiger partial charge in [-0.3, -0.25) is 4.40 Å². The number of hydrogen-bond donors (Lipinski definition) is 2. The Morgan fingerprint density at radius 1 is 1.26 bits per heavy atom. The van der Waals surface area contributed by atoms with Crippen LogP contribution in [0, 0.1) is 0 Å². The predicted octanol–water partition coefficient (Wildman–Crippen LogP) is 2.14. The molecule has 0 radical (unpaired) electrons. The van der Waals surface area contributed by atoms with Crippen LogP contribution in [0.25, 0.3) is 16.7 Å². The van der Waals surface area contributed by atoms with Gasteiger partial charge >= 0.3 is 0 Å². The van der Waals surface area contributed by atoms with Crippen LogP contribution in [0.5, 0.6) is 0 Å². The maximum Gasteiger partial charge on any atom is 0.154 e. The van der Waals surface area contributed by atoms with Gasteiger partial charge in [-0.2, -0.15) is 0 Å². The molecule has 0 aliphatic carbocycles. The number of fused-ring (bicyclic) bond motifs is 3. The zero-order valence-corrected chi connectivity index (χ0v) is 11.2. The van der Waals surface area contributed by atoms with Crippen molar-refractivity contribution in [3.8, 4) is 0 Å². The molecular weight excluding hydrogens is 238 g/mol. The van der Waals surface area contributed by atoms with Gasteiger partial charge in [-0.25, -0.2) is 9.97 Å². The molecule has 3 rings (SSSR count). The third-order valence-corrected chi connectivity index (χ3v) is 3.37. The molecule has 5 nitrogen and oxygen atoms in total. The van der Waals surface area contributed by atoms with Gasteiger partial charge in [-0.1, -0.05) is 13.3 Å². The fourth-order valence-corrected chi connectivity index (χ4v) is 2.34. The van der Waals surface area contributed by atoms with Gasteiger partial charge in [0.15, 0.2) is 5.65 Å². The molecule has 0 spiro atoms. The summed E-state index contributed by atoms with van der Waals surface area (Å²) in [6.45, 7) is 4.26. The average molecular weight is 257 g/mol. The van der Waals surface area contributed by atoms with Crippen LogP contribution in [-0.2, 0) is 6.42 Å². The number of H-pyrrole nitrogens is 1. The second kappa shape index (κ2) is 5.40. The van der Waals surface area contributed by atoms with Gasteiger partial charge in [0.1, 0.15) is 5.82 Å². The summed E-state index contributed by atoms with van der Waals surface area (Å²) < 4.78 is 2.18. The summed E-state index contributed by atoms with van der Waals surface area (Å²) in [5.74, 6) is 1.09. The molecule has 0 unspecified atom stereocenters. The Kier molecular flexibility index (Phi) is 3.46. The lowest BCUT2D eigenvalue weighted by atomic mass is 10.3. The van der Waals surface area contributed by atoms with E-state index >= 15 is 0 Å². The summed E-state index contributed by atoms with van der Waals surface area (Å²) in [6, 6.07) is 2.05. The highest BCUT2D eigenvalue weighted by Gasteiger charge is 2.08. The summed E-state index contributed by atoms with van der Waals surface area (Å²) in [6.07, 6.45) is 9.06. The van der Waals surface area contributed by atoms with Crippen molar-refractivity contribution in [1.82, 2.24) is 24.7 Å². The van der Waals surface area contributed by atoms with Crippen LogP contribution < -0.4 is 5.32 Å². The third kappa shape index (κ3) is 2.33. The second-order valence-corrected chi connectivity index (χ2v) is 4.76. The third-order valence-electron chi connectivity index (χ3n) is 3.37. The molecule has 0 bridgehead atoms. The lowest BCUT2D eigenvalue weighted by Crippen LogP contribution is -2.19. The van der Waals surface area contributed by atoms with Crippen LogP contribution in [0.1, 0.15) is 25.6 Å². The van der Waals surface area contributed by atoms with Crippen molar-refractivity contribution in [1.29, 1.82) is 0 Å². The Labute approximate surface area is 112 Å². The number of hydrogen-bond acceptors (Lipinski definition) is 3. The van der Waals surface area contributed by atoms with Crippen LogP contribution in [0.15, 0.2) is 24.7 Å². The molecule has 0 aromatic carbocycles. The van der Waals surface area contributed by atoms with Crippen molar-refractivity contribution in [3.05, 3.63) is 30.5 Å². The minimum Gasteiger partial charge on any atom is -0.345 e. The van der Waals surface area contributed by atoms with E-state index in [1.165, 1.54) is 12.8 Å². The molecule has 3 aromatic rings. The molecule has 0 aliphatic heterocycles. The van der Waals surface area contributed by atoms with Crippen molar-refractivity contribution in [2.24, 2.45) is 0 Å². The first-order chi connectivity index (χ1) is 9.40. The molecule has 0 saturated carbocycles. The number of nitrogens with one attached hydrogen (secondary N) is 2. The first-order valence-corrected chi connectivity index (χ1v) is 6.89. The van der Waals surface area contributed by atoms with E-state index < -0.39 is 0 Å². The molecule has 100 valence electrons. The molecule has 0 atom stereocenters. The first kappa shape index (κ1) is 12.2. The van der Waals surface area contributed by atoms with Gasteiger partial charge in [0.2, 0.25) is 0 Å². The van der Waals surface area contributed by atoms with Crippen molar-refractivity contribution >= 4 is 16.7 Å². The van der Waals surface area contributed by atoms with E-state index in [1.54, 1.807) is 0 Å². The summed E-state index contributed by atoms with van der Waals surface area (Å²) in [7, 11) is 0. The summed E-state index contributed by atoms with van der Waals surface area (Å²) >= 11 is 0. The lowest BCUT2D eigenvalue weighted by Gasteiger charge is -2.04. The molecule has 5 heteroatoms. The fraction of sp³-hybridized carbons (Fsp3) is 0.429. The van der Waals surface area contributed by atoms with E-state index in [0.717, 1.165) is 42.0 Å². The predicted molar refractivity (Wildman–Crippen MR) is 76.3 cm³/mol. The average Bonchev–Trinajstić information content (AvgIpc) is 3.03. The smallest absolute Gasteiger partial charge is 0.154 e. The summed E-state index contributed by atoms with van der Waals surface area (Å²) in [4.78, 5) is 12.0. The highest BCUT2D eigenvalue weighted by Crippen LogP contribution is 2.15. The zero-order valence-electron chi connectivity index (χ0n) is 11.2. The number of aromatic amines is 1. The molecule has 0 aliphatic rings. The Hall–Kier alpha value is -1.88. The minimum absolute atomic E-state index is 0.908. The van der Waals surface area contributed by atoms with Crippen molar-refractivity contribution in [3.63, 3.8) is 0 Å². The molecule has 2 N–H and O–H groups in total. The van der Waals surface area contributed by atoms with E-state index in [-0.39, 0.29) is 0 Å². The highest BCUT2D eigenvalue weighted by molar-refractivity contribution is 5.75. The van der Waals surface area contributed by atoms with Crippen molar-refractivity contribution < 1.29 is 0 Å². The topological polar surface area (TPSA) is 58.0 Å². The molecule has 0 fully saturated rings. The maximum atomic E-state index is 4.51. The zero-order chi connectivity index (χ0) is 13.1. The number of aromatic nitrogens is 4. The van der Waals surface area contributed by atoms with E-state index in [9.17, 15) is 0 Å². The van der Waals surface area contributed by atoms with Gasteiger partial charge < -0.3 is 10.3 Å². The summed E-state index contributed by atoms with van der Waals surface area (Å²) in [5, 5.41) is 3.45. The molecule has 0 saturated heterocycles. The maximum absolute atomic E-state index is 4.51. The van der Waals surface area contributed by atoms with Gasteiger partial charge in [0, 0.05) is 19.2 Å². The normalized spacial score (nSPS) is 11.6. The summed E-state index contributed by atoms with van der Waals surface area (Å²) in [5.41, 5.74) is 3.06.